The molecular formula is C17H18N2O4S2. The number of aromatic nitrogens is 1. The Balaban J connectivity index is 1.67. The number of thiazole rings is 1. The standard InChI is InChI=1S/C17H18N2O4S2/c20-15(21)13-10-25-14(19-13)12-3-1-2-11(8-12)9-18-16(22)17(23)4-6-24-7-5-17/h1-3,8,10,23H,4-7,9H2,(H,18,22)(H,20,21). The van der Waals surface area contributed by atoms with Gasteiger partial charge < -0.3 is 15.5 Å². The molecule has 2 aromatic rings. The van der Waals surface area contributed by atoms with Gasteiger partial charge in [0.1, 0.15) is 10.6 Å². The Kier molecular flexibility index (Phi) is 5.41. The zero-order valence-corrected chi connectivity index (χ0v) is 15.0. The Morgan fingerprint density at radius 3 is 2.72 bits per heavy atom. The minimum atomic E-state index is -1.27. The number of aliphatic hydroxyl groups is 1. The molecule has 1 aliphatic heterocycles. The molecule has 1 amide bonds. The normalized spacial score (nSPS) is 16.4. The summed E-state index contributed by atoms with van der Waals surface area (Å²) >= 11 is 3.01. The van der Waals surface area contributed by atoms with E-state index in [0.717, 1.165) is 22.6 Å². The molecule has 132 valence electrons. The van der Waals surface area contributed by atoms with Gasteiger partial charge in [-0.1, -0.05) is 18.2 Å². The van der Waals surface area contributed by atoms with Crippen LogP contribution in [-0.2, 0) is 11.3 Å². The van der Waals surface area contributed by atoms with Crippen LogP contribution in [0.2, 0.25) is 0 Å². The Morgan fingerprint density at radius 2 is 2.04 bits per heavy atom. The van der Waals surface area contributed by atoms with Crippen LogP contribution < -0.4 is 5.32 Å². The molecule has 0 atom stereocenters. The molecule has 25 heavy (non-hydrogen) atoms. The minimum Gasteiger partial charge on any atom is -0.476 e. The third-order valence-electron chi connectivity index (χ3n) is 4.09. The summed E-state index contributed by atoms with van der Waals surface area (Å²) in [4.78, 5) is 27.3. The quantitative estimate of drug-likeness (QED) is 0.739. The molecule has 1 fully saturated rings. The number of thioether (sulfide) groups is 1. The number of hydrogen-bond acceptors (Lipinski definition) is 6. The van der Waals surface area contributed by atoms with Crippen LogP contribution in [0.4, 0.5) is 0 Å². The second kappa shape index (κ2) is 7.55. The van der Waals surface area contributed by atoms with Crippen LogP contribution in [0.1, 0.15) is 28.9 Å². The van der Waals surface area contributed by atoms with E-state index in [4.69, 9.17) is 5.11 Å². The monoisotopic (exact) mass is 378 g/mol. The van der Waals surface area contributed by atoms with Crippen LogP contribution in [0.25, 0.3) is 10.6 Å². The van der Waals surface area contributed by atoms with Crippen molar-refractivity contribution in [3.8, 4) is 10.6 Å². The second-order valence-electron chi connectivity index (χ2n) is 5.87. The molecule has 3 N–H and O–H groups in total. The topological polar surface area (TPSA) is 99.5 Å². The summed E-state index contributed by atoms with van der Waals surface area (Å²) in [5, 5.41) is 24.3. The lowest BCUT2D eigenvalue weighted by atomic mass is 9.95. The van der Waals surface area contributed by atoms with Gasteiger partial charge in [0.15, 0.2) is 5.69 Å². The van der Waals surface area contributed by atoms with Gasteiger partial charge in [0.2, 0.25) is 0 Å². The second-order valence-corrected chi connectivity index (χ2v) is 7.95. The molecule has 0 aliphatic carbocycles. The van der Waals surface area contributed by atoms with Gasteiger partial charge in [0.05, 0.1) is 0 Å². The highest BCUT2D eigenvalue weighted by molar-refractivity contribution is 7.99. The fourth-order valence-corrected chi connectivity index (χ4v) is 4.56. The summed E-state index contributed by atoms with van der Waals surface area (Å²) in [6, 6.07) is 7.42. The fourth-order valence-electron chi connectivity index (χ4n) is 2.60. The van der Waals surface area contributed by atoms with Crippen LogP contribution in [0.5, 0.6) is 0 Å². The highest BCUT2D eigenvalue weighted by Crippen LogP contribution is 2.27. The van der Waals surface area contributed by atoms with E-state index in [1.165, 1.54) is 16.7 Å². The van der Waals surface area contributed by atoms with Crippen molar-refractivity contribution in [2.24, 2.45) is 0 Å². The number of carbonyl (C=O) groups is 2. The number of carboxylic acid groups (broad SMARTS) is 1. The van der Waals surface area contributed by atoms with Crippen molar-refractivity contribution >= 4 is 35.0 Å². The van der Waals surface area contributed by atoms with E-state index in [9.17, 15) is 14.7 Å². The van der Waals surface area contributed by atoms with Crippen molar-refractivity contribution in [1.82, 2.24) is 10.3 Å². The Hall–Kier alpha value is -1.90. The Labute approximate surface area is 153 Å². The van der Waals surface area contributed by atoms with Crippen molar-refractivity contribution in [2.75, 3.05) is 11.5 Å². The van der Waals surface area contributed by atoms with Crippen molar-refractivity contribution in [1.29, 1.82) is 0 Å². The molecule has 1 saturated heterocycles. The van der Waals surface area contributed by atoms with Crippen LogP contribution in [-0.4, -0.2) is 44.2 Å². The largest absolute Gasteiger partial charge is 0.476 e. The molecular weight excluding hydrogens is 360 g/mol. The number of carbonyl (C=O) groups excluding carboxylic acids is 1. The van der Waals surface area contributed by atoms with Crippen LogP contribution in [0.15, 0.2) is 29.6 Å². The minimum absolute atomic E-state index is 0.0242. The summed E-state index contributed by atoms with van der Waals surface area (Å²) < 4.78 is 0. The zero-order valence-electron chi connectivity index (χ0n) is 13.4. The van der Waals surface area contributed by atoms with E-state index in [-0.39, 0.29) is 11.6 Å². The average molecular weight is 378 g/mol. The predicted molar refractivity (Wildman–Crippen MR) is 97.9 cm³/mol. The highest BCUT2D eigenvalue weighted by Gasteiger charge is 2.37. The molecule has 6 nitrogen and oxygen atoms in total. The van der Waals surface area contributed by atoms with Gasteiger partial charge in [-0.25, -0.2) is 9.78 Å². The van der Waals surface area contributed by atoms with Gasteiger partial charge in [-0.05, 0) is 36.0 Å². The van der Waals surface area contributed by atoms with Crippen LogP contribution >= 0.6 is 23.1 Å². The maximum atomic E-state index is 12.3. The van der Waals surface area contributed by atoms with Gasteiger partial charge in [-0.3, -0.25) is 4.79 Å². The molecule has 1 aliphatic rings. The number of aromatic carboxylic acids is 1. The molecule has 0 radical (unpaired) electrons. The Bertz CT molecular complexity index is 784. The van der Waals surface area contributed by atoms with E-state index in [1.54, 1.807) is 11.8 Å². The lowest BCUT2D eigenvalue weighted by molar-refractivity contribution is -0.140. The van der Waals surface area contributed by atoms with E-state index in [0.29, 0.717) is 24.4 Å². The third kappa shape index (κ3) is 4.20. The van der Waals surface area contributed by atoms with E-state index < -0.39 is 11.6 Å². The van der Waals surface area contributed by atoms with Crippen LogP contribution in [0, 0.1) is 0 Å². The number of hydrogen-bond donors (Lipinski definition) is 3. The van der Waals surface area contributed by atoms with Gasteiger partial charge in [-0.2, -0.15) is 11.8 Å². The average Bonchev–Trinajstić information content (AvgIpc) is 3.11. The van der Waals surface area contributed by atoms with E-state index in [1.807, 2.05) is 24.3 Å². The number of carboxylic acids is 1. The summed E-state index contributed by atoms with van der Waals surface area (Å²) in [7, 11) is 0. The maximum Gasteiger partial charge on any atom is 0.355 e. The van der Waals surface area contributed by atoms with Crippen molar-refractivity contribution in [3.63, 3.8) is 0 Å². The van der Waals surface area contributed by atoms with Gasteiger partial charge in [0.25, 0.3) is 5.91 Å². The summed E-state index contributed by atoms with van der Waals surface area (Å²) in [5.74, 6) is 0.190. The van der Waals surface area contributed by atoms with Crippen molar-refractivity contribution in [2.45, 2.75) is 25.0 Å². The SMILES string of the molecule is O=C(O)c1csc(-c2cccc(CNC(=O)C3(O)CCSCC3)c2)n1. The number of rotatable bonds is 5. The smallest absolute Gasteiger partial charge is 0.355 e. The molecule has 3 rings (SSSR count). The molecule has 0 bridgehead atoms. The van der Waals surface area contributed by atoms with Gasteiger partial charge in [-0.15, -0.1) is 11.3 Å². The number of nitrogens with zero attached hydrogens (tertiary/aromatic N) is 1. The first-order valence-electron chi connectivity index (χ1n) is 7.84. The molecule has 1 aromatic heterocycles. The van der Waals surface area contributed by atoms with Crippen molar-refractivity contribution < 1.29 is 19.8 Å². The molecule has 0 spiro atoms. The molecule has 0 unspecified atom stereocenters. The summed E-state index contributed by atoms with van der Waals surface area (Å²) in [5.41, 5.74) is 0.425. The van der Waals surface area contributed by atoms with E-state index >= 15 is 0 Å². The fraction of sp³-hybridized carbons (Fsp3) is 0.353. The first-order valence-corrected chi connectivity index (χ1v) is 9.88. The molecule has 2 heterocycles. The first-order chi connectivity index (χ1) is 12.0. The summed E-state index contributed by atoms with van der Waals surface area (Å²) in [6.45, 7) is 0.305. The van der Waals surface area contributed by atoms with Crippen LogP contribution in [0.3, 0.4) is 0 Å². The lowest BCUT2D eigenvalue weighted by Crippen LogP contribution is -2.48. The number of nitrogens with one attached hydrogen (secondary N) is 1. The summed E-state index contributed by atoms with van der Waals surface area (Å²) in [6.07, 6.45) is 0.946. The molecule has 0 saturated carbocycles. The van der Waals surface area contributed by atoms with Gasteiger partial charge >= 0.3 is 5.97 Å². The maximum absolute atomic E-state index is 12.3. The number of amides is 1. The molecule has 1 aromatic carbocycles. The van der Waals surface area contributed by atoms with Crippen molar-refractivity contribution in [3.05, 3.63) is 40.9 Å². The third-order valence-corrected chi connectivity index (χ3v) is 5.97. The Morgan fingerprint density at radius 1 is 1.28 bits per heavy atom. The number of benzene rings is 1. The lowest BCUT2D eigenvalue weighted by Gasteiger charge is -2.30. The first kappa shape index (κ1) is 17.9. The predicted octanol–water partition coefficient (Wildman–Crippen LogP) is 2.38. The zero-order chi connectivity index (χ0) is 17.9. The van der Waals surface area contributed by atoms with Gasteiger partial charge in [0, 0.05) is 17.5 Å². The highest BCUT2D eigenvalue weighted by atomic mass is 32.2. The molecule has 8 heteroatoms. The van der Waals surface area contributed by atoms with E-state index in [2.05, 4.69) is 10.3 Å².